The fourth-order valence-corrected chi connectivity index (χ4v) is 2.89. The van der Waals surface area contributed by atoms with Gasteiger partial charge < -0.3 is 21.3 Å². The molecule has 0 radical (unpaired) electrons. The van der Waals surface area contributed by atoms with Crippen molar-refractivity contribution >= 4 is 23.1 Å². The minimum absolute atomic E-state index is 0.515. The highest BCUT2D eigenvalue weighted by Gasteiger charge is 2.22. The molecule has 1 saturated carbocycles. The monoisotopic (exact) mass is 310 g/mol. The van der Waals surface area contributed by atoms with Crippen molar-refractivity contribution in [3.8, 4) is 0 Å². The van der Waals surface area contributed by atoms with Crippen LogP contribution in [0.4, 0.5) is 23.1 Å². The molecule has 0 saturated heterocycles. The first-order valence-corrected chi connectivity index (χ1v) is 8.14. The van der Waals surface area contributed by atoms with Crippen molar-refractivity contribution in [3.05, 3.63) is 35.5 Å². The van der Waals surface area contributed by atoms with Crippen LogP contribution >= 0.6 is 0 Å². The predicted molar refractivity (Wildman–Crippen MR) is 92.9 cm³/mol. The van der Waals surface area contributed by atoms with Crippen LogP contribution in [0.25, 0.3) is 0 Å². The van der Waals surface area contributed by atoms with E-state index in [1.54, 1.807) is 6.20 Å². The van der Waals surface area contributed by atoms with Gasteiger partial charge in [0, 0.05) is 24.8 Å². The molecule has 1 fully saturated rings. The third-order valence-corrected chi connectivity index (χ3v) is 4.40. The molecule has 1 aliphatic heterocycles. The van der Waals surface area contributed by atoms with E-state index in [-0.39, 0.29) is 0 Å². The number of nitrogens with one attached hydrogen (secondary N) is 2. The number of hydrogen-bond acceptors (Lipinski definition) is 6. The van der Waals surface area contributed by atoms with Crippen LogP contribution < -0.4 is 16.4 Å². The lowest BCUT2D eigenvalue weighted by atomic mass is 9.99. The van der Waals surface area contributed by atoms with E-state index in [1.807, 2.05) is 0 Å². The highest BCUT2D eigenvalue weighted by Crippen LogP contribution is 2.28. The summed E-state index contributed by atoms with van der Waals surface area (Å²) < 4.78 is 0. The Labute approximate surface area is 136 Å². The molecule has 120 valence electrons. The first-order chi connectivity index (χ1) is 11.2. The van der Waals surface area contributed by atoms with Crippen molar-refractivity contribution in [3.63, 3.8) is 0 Å². The number of hydrogen-bond donors (Lipinski definition) is 3. The van der Waals surface area contributed by atoms with Gasteiger partial charge in [-0.15, -0.1) is 0 Å². The van der Waals surface area contributed by atoms with Gasteiger partial charge in [-0.2, -0.15) is 4.98 Å². The van der Waals surface area contributed by atoms with Crippen molar-refractivity contribution in [1.29, 1.82) is 0 Å². The highest BCUT2D eigenvalue weighted by molar-refractivity contribution is 5.65. The molecule has 0 atom stereocenters. The Morgan fingerprint density at radius 2 is 2.13 bits per heavy atom. The first kappa shape index (κ1) is 14.3. The van der Waals surface area contributed by atoms with Gasteiger partial charge in [0.1, 0.15) is 0 Å². The van der Waals surface area contributed by atoms with Gasteiger partial charge in [-0.05, 0) is 49.6 Å². The van der Waals surface area contributed by atoms with Crippen molar-refractivity contribution < 1.29 is 0 Å². The Bertz CT molecular complexity index is 725. The number of likely N-dealkylation sites (N-methyl/N-ethyl adjacent to an activating group) is 1. The standard InChI is InChI=1S/C17H22N6/c1-23-7-6-11-8-14(3-2-12(11)10-23)21-17-19-9-15(18)16(22-17)20-13-4-5-13/h2-3,8-9,13H,4-7,10,18H2,1H3,(H2,19,20,21,22). The van der Waals surface area contributed by atoms with Crippen LogP contribution in [-0.4, -0.2) is 34.5 Å². The number of nitrogens with two attached hydrogens (primary N) is 1. The average molecular weight is 310 g/mol. The Balaban J connectivity index is 1.53. The molecule has 0 spiro atoms. The van der Waals surface area contributed by atoms with Gasteiger partial charge in [0.2, 0.25) is 5.95 Å². The number of aromatic nitrogens is 2. The molecule has 23 heavy (non-hydrogen) atoms. The van der Waals surface area contributed by atoms with Gasteiger partial charge in [-0.3, -0.25) is 0 Å². The van der Waals surface area contributed by atoms with Crippen LogP contribution in [0.1, 0.15) is 24.0 Å². The second-order valence-electron chi connectivity index (χ2n) is 6.51. The first-order valence-electron chi connectivity index (χ1n) is 8.14. The van der Waals surface area contributed by atoms with Gasteiger partial charge in [-0.1, -0.05) is 6.07 Å². The zero-order chi connectivity index (χ0) is 15.8. The summed E-state index contributed by atoms with van der Waals surface area (Å²) in [5.41, 5.74) is 10.4. The summed E-state index contributed by atoms with van der Waals surface area (Å²) in [4.78, 5) is 11.1. The number of rotatable bonds is 4. The highest BCUT2D eigenvalue weighted by atomic mass is 15.2. The molecular formula is C17H22N6. The molecule has 4 rings (SSSR count). The largest absolute Gasteiger partial charge is 0.394 e. The Hall–Kier alpha value is -2.34. The molecule has 4 N–H and O–H groups in total. The number of nitrogen functional groups attached to an aromatic ring is 1. The van der Waals surface area contributed by atoms with E-state index < -0.39 is 0 Å². The summed E-state index contributed by atoms with van der Waals surface area (Å²) in [6.07, 6.45) is 5.11. The fraction of sp³-hybridized carbons (Fsp3) is 0.412. The molecular weight excluding hydrogens is 288 g/mol. The Kier molecular flexibility index (Phi) is 3.53. The maximum absolute atomic E-state index is 5.94. The summed E-state index contributed by atoms with van der Waals surface area (Å²) in [5.74, 6) is 1.31. The van der Waals surface area contributed by atoms with Crippen molar-refractivity contribution in [2.24, 2.45) is 0 Å². The minimum atomic E-state index is 0.515. The van der Waals surface area contributed by atoms with Crippen LogP contribution in [0, 0.1) is 0 Å². The summed E-state index contributed by atoms with van der Waals surface area (Å²) in [7, 11) is 2.16. The molecule has 2 heterocycles. The molecule has 2 aliphatic rings. The van der Waals surface area contributed by atoms with Gasteiger partial charge in [0.05, 0.1) is 11.9 Å². The van der Waals surface area contributed by atoms with E-state index in [0.29, 0.717) is 17.7 Å². The van der Waals surface area contributed by atoms with Crippen LogP contribution in [0.2, 0.25) is 0 Å². The van der Waals surface area contributed by atoms with Crippen molar-refractivity contribution in [2.45, 2.75) is 31.8 Å². The third-order valence-electron chi connectivity index (χ3n) is 4.40. The van der Waals surface area contributed by atoms with Crippen LogP contribution in [0.3, 0.4) is 0 Å². The molecule has 0 bridgehead atoms. The molecule has 0 amide bonds. The molecule has 1 aromatic carbocycles. The zero-order valence-electron chi connectivity index (χ0n) is 13.3. The fourth-order valence-electron chi connectivity index (χ4n) is 2.89. The summed E-state index contributed by atoms with van der Waals surface area (Å²) >= 11 is 0. The Morgan fingerprint density at radius 1 is 1.26 bits per heavy atom. The van der Waals surface area contributed by atoms with E-state index in [4.69, 9.17) is 5.73 Å². The summed E-state index contributed by atoms with van der Waals surface area (Å²) in [5, 5.41) is 6.64. The Morgan fingerprint density at radius 3 is 2.96 bits per heavy atom. The second-order valence-corrected chi connectivity index (χ2v) is 6.51. The van der Waals surface area contributed by atoms with Gasteiger partial charge in [-0.25, -0.2) is 4.98 Å². The summed E-state index contributed by atoms with van der Waals surface area (Å²) in [6, 6.07) is 7.00. The third kappa shape index (κ3) is 3.22. The number of nitrogens with zero attached hydrogens (tertiary/aromatic N) is 3. The van der Waals surface area contributed by atoms with Gasteiger partial charge in [0.25, 0.3) is 0 Å². The van der Waals surface area contributed by atoms with E-state index in [0.717, 1.165) is 31.0 Å². The van der Waals surface area contributed by atoms with Gasteiger partial charge >= 0.3 is 0 Å². The minimum Gasteiger partial charge on any atom is -0.394 e. The molecule has 6 nitrogen and oxygen atoms in total. The number of benzene rings is 1. The number of fused-ring (bicyclic) bond motifs is 1. The lowest BCUT2D eigenvalue weighted by Crippen LogP contribution is -2.26. The molecule has 0 unspecified atom stereocenters. The predicted octanol–water partition coefficient (Wildman–Crippen LogP) is 2.36. The zero-order valence-corrected chi connectivity index (χ0v) is 13.3. The topological polar surface area (TPSA) is 79.1 Å². The number of anilines is 4. The molecule has 2 aromatic rings. The van der Waals surface area contributed by atoms with E-state index in [9.17, 15) is 0 Å². The van der Waals surface area contributed by atoms with Crippen LogP contribution in [0.15, 0.2) is 24.4 Å². The van der Waals surface area contributed by atoms with E-state index >= 15 is 0 Å². The lowest BCUT2D eigenvalue weighted by molar-refractivity contribution is 0.313. The van der Waals surface area contributed by atoms with E-state index in [1.165, 1.54) is 24.0 Å². The van der Waals surface area contributed by atoms with Crippen molar-refractivity contribution in [2.75, 3.05) is 30.0 Å². The van der Waals surface area contributed by atoms with Crippen molar-refractivity contribution in [1.82, 2.24) is 14.9 Å². The van der Waals surface area contributed by atoms with Crippen LogP contribution in [-0.2, 0) is 13.0 Å². The SMILES string of the molecule is CN1CCc2cc(Nc3ncc(N)c(NC4CC4)n3)ccc2C1. The second kappa shape index (κ2) is 5.70. The lowest BCUT2D eigenvalue weighted by Gasteiger charge is -2.25. The van der Waals surface area contributed by atoms with Crippen LogP contribution in [0.5, 0.6) is 0 Å². The maximum Gasteiger partial charge on any atom is 0.229 e. The quantitative estimate of drug-likeness (QED) is 0.804. The molecule has 6 heteroatoms. The van der Waals surface area contributed by atoms with Gasteiger partial charge in [0.15, 0.2) is 5.82 Å². The maximum atomic E-state index is 5.94. The summed E-state index contributed by atoms with van der Waals surface area (Å²) in [6.45, 7) is 2.12. The smallest absolute Gasteiger partial charge is 0.229 e. The average Bonchev–Trinajstić information content (AvgIpc) is 3.35. The molecule has 1 aliphatic carbocycles. The molecule has 1 aromatic heterocycles. The normalized spacial score (nSPS) is 17.6. The van der Waals surface area contributed by atoms with E-state index in [2.05, 4.69) is 50.7 Å².